The Morgan fingerprint density at radius 2 is 1.59 bits per heavy atom. The predicted octanol–water partition coefficient (Wildman–Crippen LogP) is 1.69. The number of carbonyl (C=O) groups excluding carboxylic acids is 4. The van der Waals surface area contributed by atoms with E-state index in [1.54, 1.807) is 30.3 Å². The summed E-state index contributed by atoms with van der Waals surface area (Å²) in [5.74, 6) is -5.83. The van der Waals surface area contributed by atoms with Crippen LogP contribution in [0.25, 0.3) is 0 Å². The van der Waals surface area contributed by atoms with Crippen LogP contribution in [0.5, 0.6) is 0 Å². The number of hydrogen-bond donors (Lipinski definition) is 2. The molecular weight excluding hydrogens is 600 g/mol. The fraction of sp³-hybridized carbons (Fsp3) is 0.529. The third kappa shape index (κ3) is 3.00. The van der Waals surface area contributed by atoms with Crippen molar-refractivity contribution in [3.63, 3.8) is 0 Å². The summed E-state index contributed by atoms with van der Waals surface area (Å²) in [6.07, 6.45) is -9.33. The molecule has 12 heteroatoms. The van der Waals surface area contributed by atoms with E-state index in [1.807, 2.05) is 51.1 Å². The highest BCUT2D eigenvalue weighted by molar-refractivity contribution is 5.94. The third-order valence-corrected chi connectivity index (χ3v) is 11.4. The maximum absolute atomic E-state index is 14.5. The number of hydrogen-bond acceptors (Lipinski definition) is 12. The van der Waals surface area contributed by atoms with E-state index >= 15 is 0 Å². The van der Waals surface area contributed by atoms with Crippen LogP contribution in [-0.4, -0.2) is 82.1 Å². The van der Waals surface area contributed by atoms with E-state index in [-0.39, 0.29) is 12.2 Å². The van der Waals surface area contributed by atoms with Crippen molar-refractivity contribution in [1.82, 2.24) is 0 Å². The van der Waals surface area contributed by atoms with E-state index in [1.165, 1.54) is 6.92 Å². The Bertz CT molecular complexity index is 1650. The van der Waals surface area contributed by atoms with Gasteiger partial charge in [0.2, 0.25) is 11.9 Å². The van der Waals surface area contributed by atoms with E-state index in [2.05, 4.69) is 0 Å². The first-order chi connectivity index (χ1) is 21.8. The minimum Gasteiger partial charge on any atom is -0.456 e. The van der Waals surface area contributed by atoms with Crippen molar-refractivity contribution < 1.29 is 57.8 Å². The fourth-order valence-corrected chi connectivity index (χ4v) is 10.1. The summed E-state index contributed by atoms with van der Waals surface area (Å²) in [5, 5.41) is 25.2. The zero-order chi connectivity index (χ0) is 32.6. The molecular formula is C34H34O12. The van der Waals surface area contributed by atoms with Gasteiger partial charge in [-0.3, -0.25) is 4.79 Å². The summed E-state index contributed by atoms with van der Waals surface area (Å²) >= 11 is 0. The molecule has 12 atom stereocenters. The van der Waals surface area contributed by atoms with Crippen LogP contribution >= 0.6 is 0 Å². The zero-order valence-electron chi connectivity index (χ0n) is 25.6. The van der Waals surface area contributed by atoms with Gasteiger partial charge in [-0.2, -0.15) is 0 Å². The Kier molecular flexibility index (Phi) is 5.88. The zero-order valence-corrected chi connectivity index (χ0v) is 25.6. The molecule has 2 bridgehead atoms. The van der Waals surface area contributed by atoms with Gasteiger partial charge in [0, 0.05) is 5.92 Å². The van der Waals surface area contributed by atoms with Crippen LogP contribution in [0.3, 0.4) is 0 Å². The largest absolute Gasteiger partial charge is 0.456 e. The van der Waals surface area contributed by atoms with Gasteiger partial charge in [0.05, 0.1) is 28.9 Å². The van der Waals surface area contributed by atoms with Crippen molar-refractivity contribution in [2.24, 2.45) is 28.1 Å². The molecule has 2 N–H and O–H groups in total. The first-order valence-electron chi connectivity index (χ1n) is 15.4. The van der Waals surface area contributed by atoms with Gasteiger partial charge in [0.25, 0.3) is 0 Å². The lowest BCUT2D eigenvalue weighted by atomic mass is 9.50. The Labute approximate surface area is 263 Å². The predicted molar refractivity (Wildman–Crippen MR) is 152 cm³/mol. The monoisotopic (exact) mass is 634 g/mol. The molecule has 0 aromatic heterocycles. The van der Waals surface area contributed by atoms with Gasteiger partial charge in [-0.1, -0.05) is 69.3 Å². The van der Waals surface area contributed by atoms with E-state index in [0.29, 0.717) is 0 Å². The van der Waals surface area contributed by atoms with Gasteiger partial charge in [-0.15, -0.1) is 0 Å². The molecule has 2 aromatic carbocycles. The van der Waals surface area contributed by atoms with Crippen LogP contribution in [0.4, 0.5) is 0 Å². The van der Waals surface area contributed by atoms with Crippen molar-refractivity contribution in [1.29, 1.82) is 0 Å². The molecule has 6 aliphatic rings. The van der Waals surface area contributed by atoms with Gasteiger partial charge >= 0.3 is 23.9 Å². The smallest absolute Gasteiger partial charge is 0.343 e. The lowest BCUT2D eigenvalue weighted by Crippen LogP contribution is -2.74. The van der Waals surface area contributed by atoms with Crippen LogP contribution in [0, 0.1) is 28.1 Å². The molecule has 2 aliphatic carbocycles. The Morgan fingerprint density at radius 3 is 2.24 bits per heavy atom. The number of fused-ring (bicyclic) bond motifs is 2. The summed E-state index contributed by atoms with van der Waals surface area (Å²) in [7, 11) is 0. The SMILES string of the molecule is C[C@@H]1C(=O)O[C@H]2[C@H](O)C34[C@H](OC(=O)c5ccccc5)[C@@H]5OC(=O)[C@]3(O[C@@H]3OC(=O)[C@H](OCc6ccccc6)C34[C@@H]5C(C)(C)C)[C@@]12O. The molecule has 2 spiro atoms. The average Bonchev–Trinajstić information content (AvgIpc) is 3.64. The second-order valence-corrected chi connectivity index (χ2v) is 14.3. The minimum atomic E-state index is -2.56. The molecule has 0 radical (unpaired) electrons. The van der Waals surface area contributed by atoms with Crippen molar-refractivity contribution in [3.8, 4) is 0 Å². The van der Waals surface area contributed by atoms with Crippen LogP contribution in [0.1, 0.15) is 43.6 Å². The molecule has 8 rings (SSSR count). The highest BCUT2D eigenvalue weighted by Gasteiger charge is 3.05. The molecule has 2 unspecified atom stereocenters. The molecule has 46 heavy (non-hydrogen) atoms. The van der Waals surface area contributed by atoms with Gasteiger partial charge < -0.3 is 38.6 Å². The summed E-state index contributed by atoms with van der Waals surface area (Å²) in [4.78, 5) is 55.3. The second-order valence-electron chi connectivity index (χ2n) is 14.3. The number of rotatable bonds is 5. The highest BCUT2D eigenvalue weighted by atomic mass is 16.8. The topological polar surface area (TPSA) is 164 Å². The van der Waals surface area contributed by atoms with Crippen LogP contribution in [0.15, 0.2) is 60.7 Å². The van der Waals surface area contributed by atoms with Gasteiger partial charge in [-0.05, 0) is 30.0 Å². The van der Waals surface area contributed by atoms with Crippen LogP contribution in [0.2, 0.25) is 0 Å². The van der Waals surface area contributed by atoms with Crippen molar-refractivity contribution in [2.75, 3.05) is 0 Å². The van der Waals surface area contributed by atoms with Crippen LogP contribution < -0.4 is 0 Å². The first kappa shape index (κ1) is 29.6. The summed E-state index contributed by atoms with van der Waals surface area (Å²) in [6, 6.07) is 17.2. The minimum absolute atomic E-state index is 0.0574. The number of carbonyl (C=O) groups is 4. The number of aliphatic hydroxyl groups excluding tert-OH is 1. The average molecular weight is 635 g/mol. The number of esters is 4. The quantitative estimate of drug-likeness (QED) is 0.362. The Morgan fingerprint density at radius 1 is 0.935 bits per heavy atom. The summed E-state index contributed by atoms with van der Waals surface area (Å²) < 4.78 is 36.9. The second kappa shape index (κ2) is 9.15. The fourth-order valence-electron chi connectivity index (χ4n) is 10.1. The third-order valence-electron chi connectivity index (χ3n) is 11.4. The normalized spacial score (nSPS) is 44.6. The number of ether oxygens (including phenoxy) is 6. The molecule has 4 aliphatic heterocycles. The standard InChI is InChI=1S/C34H34O12/c1-16-25(36)44-23-21(35)32-22(43-26(37)18-13-9-6-10-14-18)19-20(30(2,3)4)31(32)24(41-15-17-11-7-5-8-12-17)27(38)45-29(31)46-34(32,28(39)42-19)33(16,23)40/h5-14,16,19-24,29,35,40H,15H2,1-4H3/t16-,19-,20+,21+,22-,23+,24+,29+,31?,32?,33-,34-/m1/s1. The van der Waals surface area contributed by atoms with Gasteiger partial charge in [-0.25, -0.2) is 14.4 Å². The molecule has 12 nitrogen and oxygen atoms in total. The molecule has 4 heterocycles. The van der Waals surface area contributed by atoms with E-state index in [4.69, 9.17) is 28.4 Å². The molecule has 2 aromatic rings. The van der Waals surface area contributed by atoms with E-state index in [0.717, 1.165) is 5.56 Å². The Balaban J connectivity index is 1.40. The van der Waals surface area contributed by atoms with E-state index in [9.17, 15) is 29.4 Å². The molecule has 4 saturated heterocycles. The number of aliphatic hydroxyl groups is 2. The first-order valence-corrected chi connectivity index (χ1v) is 15.4. The number of benzene rings is 2. The lowest BCUT2D eigenvalue weighted by molar-refractivity contribution is -0.281. The lowest BCUT2D eigenvalue weighted by Gasteiger charge is -2.51. The van der Waals surface area contributed by atoms with Gasteiger partial charge in [0.1, 0.15) is 12.2 Å². The molecule has 242 valence electrons. The van der Waals surface area contributed by atoms with Crippen molar-refractivity contribution in [2.45, 2.75) is 82.3 Å². The maximum Gasteiger partial charge on any atom is 0.343 e. The summed E-state index contributed by atoms with van der Waals surface area (Å²) in [6.45, 7) is 6.89. The Hall–Kier alpha value is -3.84. The van der Waals surface area contributed by atoms with Crippen LogP contribution in [-0.2, 0) is 49.4 Å². The van der Waals surface area contributed by atoms with Crippen molar-refractivity contribution >= 4 is 23.9 Å². The molecule has 0 amide bonds. The maximum atomic E-state index is 14.5. The van der Waals surface area contributed by atoms with Gasteiger partial charge in [0.15, 0.2) is 23.9 Å². The summed E-state index contributed by atoms with van der Waals surface area (Å²) in [5.41, 5.74) is -8.89. The molecule has 6 fully saturated rings. The van der Waals surface area contributed by atoms with E-state index < -0.39 is 100.0 Å². The highest BCUT2D eigenvalue weighted by Crippen LogP contribution is 2.84. The van der Waals surface area contributed by atoms with Crippen molar-refractivity contribution in [3.05, 3.63) is 71.8 Å². The molecule has 2 saturated carbocycles.